The molecule has 25 heavy (non-hydrogen) atoms. The molecule has 2 aromatic heterocycles. The molecule has 0 radical (unpaired) electrons. The fraction of sp³-hybridized carbons (Fsp3) is 0.333. The molecule has 1 unspecified atom stereocenters. The van der Waals surface area contributed by atoms with Gasteiger partial charge in [0.25, 0.3) is 0 Å². The second-order valence-electron chi connectivity index (χ2n) is 5.54. The first-order valence-electron chi connectivity index (χ1n) is 7.40. The quantitative estimate of drug-likeness (QED) is 0.781. The maximum absolute atomic E-state index is 12.3. The summed E-state index contributed by atoms with van der Waals surface area (Å²) in [5, 5.41) is 3.65. The number of fused-ring (bicyclic) bond motifs is 1. The Bertz CT molecular complexity index is 860. The lowest BCUT2D eigenvalue weighted by Gasteiger charge is -2.14. The smallest absolute Gasteiger partial charge is 0.246 e. The summed E-state index contributed by atoms with van der Waals surface area (Å²) in [5.74, 6) is 0.486. The van der Waals surface area contributed by atoms with Crippen LogP contribution in [0.3, 0.4) is 0 Å². The summed E-state index contributed by atoms with van der Waals surface area (Å²) < 4.78 is 1.56. The molecular formula is C15H15Cl2N5O2S. The minimum atomic E-state index is -0.288. The molecule has 0 bridgehead atoms. The fourth-order valence-electron chi connectivity index (χ4n) is 2.48. The van der Waals surface area contributed by atoms with Gasteiger partial charge in [-0.1, -0.05) is 22.9 Å². The van der Waals surface area contributed by atoms with Gasteiger partial charge in [-0.25, -0.2) is 9.97 Å². The number of Topliss-reactive ketones (excluding diaryl/α,β-unsaturated/α-hetero) is 1. The molecule has 1 atom stereocenters. The normalized spacial score (nSPS) is 17.1. The monoisotopic (exact) mass is 399 g/mol. The van der Waals surface area contributed by atoms with E-state index in [0.29, 0.717) is 21.7 Å². The van der Waals surface area contributed by atoms with Gasteiger partial charge in [0, 0.05) is 18.3 Å². The van der Waals surface area contributed by atoms with Crippen molar-refractivity contribution in [1.29, 1.82) is 0 Å². The number of carbonyl (C=O) groups is 2. The standard InChI is InChI=1S/C15H15Cl2N5O2S/c1-8-13(24)12-14(21(8)2)19-7-22(12)6-11(23)20-15-18-5-10(25-15)3-9(17)4-16/h3,5,7-8H,4,6H2,1-2H3,(H,18,20,23). The van der Waals surface area contributed by atoms with Gasteiger partial charge in [0.1, 0.15) is 12.2 Å². The van der Waals surface area contributed by atoms with Crippen LogP contribution in [0.2, 0.25) is 0 Å². The molecule has 0 fully saturated rings. The van der Waals surface area contributed by atoms with E-state index in [9.17, 15) is 9.59 Å². The van der Waals surface area contributed by atoms with Gasteiger partial charge < -0.3 is 14.8 Å². The molecule has 0 saturated heterocycles. The minimum absolute atomic E-state index is 0.0121. The first kappa shape index (κ1) is 17.9. The van der Waals surface area contributed by atoms with Crippen molar-refractivity contribution in [3.05, 3.63) is 28.1 Å². The van der Waals surface area contributed by atoms with E-state index in [4.69, 9.17) is 23.2 Å². The Morgan fingerprint density at radius 2 is 2.24 bits per heavy atom. The molecule has 10 heteroatoms. The molecule has 2 aromatic rings. The minimum Gasteiger partial charge on any atom is -0.348 e. The van der Waals surface area contributed by atoms with E-state index in [1.54, 1.807) is 21.7 Å². The van der Waals surface area contributed by atoms with E-state index in [0.717, 1.165) is 4.88 Å². The average Bonchev–Trinajstić information content (AvgIpc) is 3.24. The Labute approximate surface area is 158 Å². The van der Waals surface area contributed by atoms with E-state index < -0.39 is 0 Å². The Morgan fingerprint density at radius 1 is 1.48 bits per heavy atom. The van der Waals surface area contributed by atoms with Gasteiger partial charge >= 0.3 is 0 Å². The Hall–Kier alpha value is -1.90. The number of amides is 1. The van der Waals surface area contributed by atoms with Gasteiger partial charge in [-0.3, -0.25) is 9.59 Å². The van der Waals surface area contributed by atoms with Crippen LogP contribution in [-0.4, -0.2) is 45.2 Å². The van der Waals surface area contributed by atoms with E-state index in [-0.39, 0.29) is 30.2 Å². The number of rotatable bonds is 5. The van der Waals surface area contributed by atoms with Gasteiger partial charge in [-0.2, -0.15) is 0 Å². The summed E-state index contributed by atoms with van der Waals surface area (Å²) in [4.78, 5) is 35.5. The van der Waals surface area contributed by atoms with Crippen molar-refractivity contribution in [3.63, 3.8) is 0 Å². The number of nitrogens with one attached hydrogen (secondary N) is 1. The third-order valence-corrected chi connectivity index (χ3v) is 5.38. The van der Waals surface area contributed by atoms with Crippen molar-refractivity contribution in [2.75, 3.05) is 23.1 Å². The first-order chi connectivity index (χ1) is 11.9. The van der Waals surface area contributed by atoms with Crippen molar-refractivity contribution in [1.82, 2.24) is 14.5 Å². The third-order valence-electron chi connectivity index (χ3n) is 3.86. The summed E-state index contributed by atoms with van der Waals surface area (Å²) in [7, 11) is 1.81. The topological polar surface area (TPSA) is 80.1 Å². The SMILES string of the molecule is CC1C(=O)c2c(ncn2CC(=O)Nc2ncc(C=C(Cl)CCl)s2)N1C. The zero-order valence-electron chi connectivity index (χ0n) is 13.5. The average molecular weight is 400 g/mol. The van der Waals surface area contributed by atoms with Crippen LogP contribution >= 0.6 is 34.5 Å². The summed E-state index contributed by atoms with van der Waals surface area (Å²) >= 11 is 12.8. The number of anilines is 2. The number of nitrogens with zero attached hydrogens (tertiary/aromatic N) is 4. The van der Waals surface area contributed by atoms with Gasteiger partial charge in [-0.15, -0.1) is 11.6 Å². The van der Waals surface area contributed by atoms with Crippen molar-refractivity contribution in [3.8, 4) is 0 Å². The molecular weight excluding hydrogens is 385 g/mol. The highest BCUT2D eigenvalue weighted by atomic mass is 35.5. The number of carbonyl (C=O) groups excluding carboxylic acids is 2. The van der Waals surface area contributed by atoms with Crippen molar-refractivity contribution >= 4 is 63.3 Å². The summed E-state index contributed by atoms with van der Waals surface area (Å²) in [5.41, 5.74) is 0.460. The third kappa shape index (κ3) is 3.56. The van der Waals surface area contributed by atoms with Gasteiger partial charge in [0.15, 0.2) is 10.9 Å². The van der Waals surface area contributed by atoms with Crippen LogP contribution in [0.15, 0.2) is 17.6 Å². The molecule has 1 N–H and O–H groups in total. The molecule has 1 aliphatic heterocycles. The Kier molecular flexibility index (Phi) is 5.12. The second-order valence-corrected chi connectivity index (χ2v) is 7.35. The Morgan fingerprint density at radius 3 is 2.96 bits per heavy atom. The van der Waals surface area contributed by atoms with Crippen molar-refractivity contribution < 1.29 is 9.59 Å². The lowest BCUT2D eigenvalue weighted by molar-refractivity contribution is -0.116. The lowest BCUT2D eigenvalue weighted by Crippen LogP contribution is -2.29. The summed E-state index contributed by atoms with van der Waals surface area (Å²) in [6.45, 7) is 1.80. The van der Waals surface area contributed by atoms with Crippen LogP contribution in [0.5, 0.6) is 0 Å². The maximum atomic E-state index is 12.3. The largest absolute Gasteiger partial charge is 0.348 e. The number of halogens is 2. The van der Waals surface area contributed by atoms with Crippen LogP contribution in [0.4, 0.5) is 10.9 Å². The number of imidazole rings is 1. The predicted molar refractivity (Wildman–Crippen MR) is 99.7 cm³/mol. The van der Waals surface area contributed by atoms with Gasteiger partial charge in [0.2, 0.25) is 11.7 Å². The molecule has 3 heterocycles. The van der Waals surface area contributed by atoms with Crippen LogP contribution in [0.25, 0.3) is 6.08 Å². The maximum Gasteiger partial charge on any atom is 0.246 e. The number of hydrogen-bond donors (Lipinski definition) is 1. The number of ketones is 1. The number of hydrogen-bond acceptors (Lipinski definition) is 6. The molecule has 0 spiro atoms. The van der Waals surface area contributed by atoms with Gasteiger partial charge in [-0.05, 0) is 13.0 Å². The first-order valence-corrected chi connectivity index (χ1v) is 9.13. The predicted octanol–water partition coefficient (Wildman–Crippen LogP) is 2.82. The summed E-state index contributed by atoms with van der Waals surface area (Å²) in [6, 6.07) is -0.270. The zero-order valence-corrected chi connectivity index (χ0v) is 15.8. The van der Waals surface area contributed by atoms with Crippen LogP contribution < -0.4 is 10.2 Å². The molecule has 7 nitrogen and oxygen atoms in total. The van der Waals surface area contributed by atoms with Crippen LogP contribution in [0.1, 0.15) is 22.3 Å². The number of alkyl halides is 1. The van der Waals surface area contributed by atoms with E-state index in [1.165, 1.54) is 17.7 Å². The zero-order chi connectivity index (χ0) is 18.1. The highest BCUT2D eigenvalue weighted by molar-refractivity contribution is 7.16. The van der Waals surface area contributed by atoms with Crippen molar-refractivity contribution in [2.24, 2.45) is 0 Å². The molecule has 0 aromatic carbocycles. The summed E-state index contributed by atoms with van der Waals surface area (Å²) in [6.07, 6.45) is 4.80. The molecule has 1 amide bonds. The number of thiazole rings is 1. The molecule has 132 valence electrons. The second kappa shape index (κ2) is 7.15. The van der Waals surface area contributed by atoms with E-state index >= 15 is 0 Å². The van der Waals surface area contributed by atoms with Crippen LogP contribution in [0, 0.1) is 0 Å². The van der Waals surface area contributed by atoms with Crippen LogP contribution in [-0.2, 0) is 11.3 Å². The number of likely N-dealkylation sites (N-methyl/N-ethyl adjacent to an activating group) is 1. The lowest BCUT2D eigenvalue weighted by atomic mass is 10.2. The highest BCUT2D eigenvalue weighted by Gasteiger charge is 2.36. The van der Waals surface area contributed by atoms with Crippen molar-refractivity contribution in [2.45, 2.75) is 19.5 Å². The number of allylic oxidation sites excluding steroid dienone is 1. The molecule has 1 aliphatic rings. The molecule has 0 aliphatic carbocycles. The molecule has 0 saturated carbocycles. The molecule has 3 rings (SSSR count). The Balaban J connectivity index is 1.69. The van der Waals surface area contributed by atoms with E-state index in [2.05, 4.69) is 15.3 Å². The fourth-order valence-corrected chi connectivity index (χ4v) is 3.54. The highest BCUT2D eigenvalue weighted by Crippen LogP contribution is 2.29. The number of aromatic nitrogens is 3. The van der Waals surface area contributed by atoms with Gasteiger partial charge in [0.05, 0.1) is 23.1 Å². The van der Waals surface area contributed by atoms with E-state index in [1.807, 2.05) is 14.0 Å².